The Balaban J connectivity index is 1.83. The SMILES string of the molecule is C[C@H]1CNCCN1C(=O)Cn1cnc2sccc2c1=O. The number of piperazine rings is 1. The minimum atomic E-state index is -0.146. The Morgan fingerprint density at radius 1 is 1.60 bits per heavy atom. The molecular formula is C13H16N4O2S. The fourth-order valence-corrected chi connectivity index (χ4v) is 3.18. The van der Waals surface area contributed by atoms with E-state index in [2.05, 4.69) is 10.3 Å². The number of nitrogens with zero attached hydrogens (tertiary/aromatic N) is 3. The molecule has 0 bridgehead atoms. The third-order valence-corrected chi connectivity index (χ3v) is 4.40. The number of aromatic nitrogens is 2. The minimum Gasteiger partial charge on any atom is -0.336 e. The molecule has 3 rings (SSSR count). The van der Waals surface area contributed by atoms with Crippen molar-refractivity contribution in [2.24, 2.45) is 0 Å². The van der Waals surface area contributed by atoms with Gasteiger partial charge in [0.2, 0.25) is 5.91 Å². The van der Waals surface area contributed by atoms with E-state index in [0.29, 0.717) is 16.8 Å². The van der Waals surface area contributed by atoms with Crippen LogP contribution in [0.4, 0.5) is 0 Å². The van der Waals surface area contributed by atoms with Crippen LogP contribution in [0.2, 0.25) is 0 Å². The van der Waals surface area contributed by atoms with Crippen molar-refractivity contribution >= 4 is 27.5 Å². The molecule has 1 N–H and O–H groups in total. The van der Waals surface area contributed by atoms with Crippen molar-refractivity contribution in [3.05, 3.63) is 28.1 Å². The Kier molecular flexibility index (Phi) is 3.54. The highest BCUT2D eigenvalue weighted by Gasteiger charge is 2.23. The highest BCUT2D eigenvalue weighted by atomic mass is 32.1. The van der Waals surface area contributed by atoms with Crippen LogP contribution in [0.5, 0.6) is 0 Å². The molecule has 106 valence electrons. The lowest BCUT2D eigenvalue weighted by Gasteiger charge is -2.34. The molecule has 0 saturated carbocycles. The molecule has 2 aromatic rings. The summed E-state index contributed by atoms with van der Waals surface area (Å²) in [6.07, 6.45) is 1.46. The van der Waals surface area contributed by atoms with E-state index in [1.165, 1.54) is 22.2 Å². The number of hydrogen-bond donors (Lipinski definition) is 1. The molecule has 1 atom stereocenters. The summed E-state index contributed by atoms with van der Waals surface area (Å²) in [6, 6.07) is 1.91. The first-order valence-electron chi connectivity index (χ1n) is 6.59. The molecule has 1 aliphatic rings. The van der Waals surface area contributed by atoms with Crippen molar-refractivity contribution in [3.8, 4) is 0 Å². The second kappa shape index (κ2) is 5.34. The smallest absolute Gasteiger partial charge is 0.262 e. The zero-order valence-corrected chi connectivity index (χ0v) is 12.0. The first kappa shape index (κ1) is 13.3. The minimum absolute atomic E-state index is 0.0301. The van der Waals surface area contributed by atoms with Crippen molar-refractivity contribution < 1.29 is 4.79 Å². The highest BCUT2D eigenvalue weighted by Crippen LogP contribution is 2.13. The number of fused-ring (bicyclic) bond motifs is 1. The maximum Gasteiger partial charge on any atom is 0.262 e. The van der Waals surface area contributed by atoms with Gasteiger partial charge in [0, 0.05) is 25.7 Å². The first-order valence-corrected chi connectivity index (χ1v) is 7.47. The summed E-state index contributed by atoms with van der Waals surface area (Å²) in [7, 11) is 0. The van der Waals surface area contributed by atoms with E-state index in [0.717, 1.165) is 13.1 Å². The molecule has 0 radical (unpaired) electrons. The lowest BCUT2D eigenvalue weighted by molar-refractivity contribution is -0.134. The van der Waals surface area contributed by atoms with Gasteiger partial charge in [-0.1, -0.05) is 0 Å². The molecule has 0 spiro atoms. The van der Waals surface area contributed by atoms with Crippen LogP contribution in [-0.4, -0.2) is 46.0 Å². The summed E-state index contributed by atoms with van der Waals surface area (Å²) >= 11 is 1.43. The molecule has 20 heavy (non-hydrogen) atoms. The van der Waals surface area contributed by atoms with Crippen molar-refractivity contribution in [1.82, 2.24) is 19.8 Å². The lowest BCUT2D eigenvalue weighted by atomic mass is 10.2. The molecule has 1 fully saturated rings. The normalized spacial score (nSPS) is 19.4. The number of nitrogens with one attached hydrogen (secondary N) is 1. The summed E-state index contributed by atoms with van der Waals surface area (Å²) in [5.74, 6) is -0.0301. The molecule has 0 aliphatic carbocycles. The van der Waals surface area contributed by atoms with Crippen LogP contribution in [0, 0.1) is 0 Å². The fourth-order valence-electron chi connectivity index (χ4n) is 2.45. The third-order valence-electron chi connectivity index (χ3n) is 3.58. The quantitative estimate of drug-likeness (QED) is 0.863. The lowest BCUT2D eigenvalue weighted by Crippen LogP contribution is -2.53. The van der Waals surface area contributed by atoms with Crippen LogP contribution < -0.4 is 10.9 Å². The van der Waals surface area contributed by atoms with Crippen molar-refractivity contribution in [1.29, 1.82) is 0 Å². The molecule has 1 aliphatic heterocycles. The van der Waals surface area contributed by atoms with Crippen LogP contribution in [0.25, 0.3) is 10.2 Å². The summed E-state index contributed by atoms with van der Waals surface area (Å²) < 4.78 is 1.39. The van der Waals surface area contributed by atoms with Gasteiger partial charge >= 0.3 is 0 Å². The fraction of sp³-hybridized carbons (Fsp3) is 0.462. The summed E-state index contributed by atoms with van der Waals surface area (Å²) in [5.41, 5.74) is -0.146. The molecule has 1 amide bonds. The Labute approximate surface area is 120 Å². The van der Waals surface area contributed by atoms with Crippen molar-refractivity contribution in [2.75, 3.05) is 19.6 Å². The van der Waals surface area contributed by atoms with Gasteiger partial charge in [-0.25, -0.2) is 4.98 Å². The van der Waals surface area contributed by atoms with Gasteiger partial charge in [-0.3, -0.25) is 14.2 Å². The Morgan fingerprint density at radius 2 is 2.45 bits per heavy atom. The summed E-state index contributed by atoms with van der Waals surface area (Å²) in [6.45, 7) is 4.34. The second-order valence-electron chi connectivity index (χ2n) is 4.96. The van der Waals surface area contributed by atoms with Gasteiger partial charge < -0.3 is 10.2 Å². The Morgan fingerprint density at radius 3 is 3.25 bits per heavy atom. The van der Waals surface area contributed by atoms with Gasteiger partial charge in [-0.15, -0.1) is 11.3 Å². The Hall–Kier alpha value is -1.73. The largest absolute Gasteiger partial charge is 0.336 e. The van der Waals surface area contributed by atoms with E-state index in [9.17, 15) is 9.59 Å². The number of carbonyl (C=O) groups is 1. The maximum atomic E-state index is 12.3. The summed E-state index contributed by atoms with van der Waals surface area (Å²) in [4.78, 5) is 31.3. The van der Waals surface area contributed by atoms with Crippen molar-refractivity contribution in [3.63, 3.8) is 0 Å². The molecule has 1 saturated heterocycles. The van der Waals surface area contributed by atoms with E-state index in [-0.39, 0.29) is 24.1 Å². The highest BCUT2D eigenvalue weighted by molar-refractivity contribution is 7.16. The van der Waals surface area contributed by atoms with E-state index < -0.39 is 0 Å². The van der Waals surface area contributed by atoms with Gasteiger partial charge in [0.05, 0.1) is 11.7 Å². The van der Waals surface area contributed by atoms with Gasteiger partial charge in [0.1, 0.15) is 11.4 Å². The number of amides is 1. The monoisotopic (exact) mass is 292 g/mol. The first-order chi connectivity index (χ1) is 9.66. The predicted molar refractivity (Wildman–Crippen MR) is 77.9 cm³/mol. The number of rotatable bonds is 2. The van der Waals surface area contributed by atoms with Crippen LogP contribution in [0.1, 0.15) is 6.92 Å². The molecule has 3 heterocycles. The van der Waals surface area contributed by atoms with E-state index in [4.69, 9.17) is 0 Å². The van der Waals surface area contributed by atoms with Gasteiger partial charge in [-0.05, 0) is 18.4 Å². The van der Waals surface area contributed by atoms with Gasteiger partial charge in [0.15, 0.2) is 0 Å². The Bertz CT molecular complexity index is 693. The predicted octanol–water partition coefficient (Wildman–Crippen LogP) is 0.278. The molecule has 2 aromatic heterocycles. The third kappa shape index (κ3) is 2.34. The van der Waals surface area contributed by atoms with Crippen LogP contribution >= 0.6 is 11.3 Å². The van der Waals surface area contributed by atoms with Crippen LogP contribution in [0.15, 0.2) is 22.6 Å². The number of hydrogen-bond acceptors (Lipinski definition) is 5. The number of thiophene rings is 1. The zero-order valence-electron chi connectivity index (χ0n) is 11.2. The molecule has 6 nitrogen and oxygen atoms in total. The average molecular weight is 292 g/mol. The second-order valence-corrected chi connectivity index (χ2v) is 5.85. The van der Waals surface area contributed by atoms with Crippen LogP contribution in [-0.2, 0) is 11.3 Å². The molecule has 0 unspecified atom stereocenters. The van der Waals surface area contributed by atoms with E-state index in [1.807, 2.05) is 17.2 Å². The van der Waals surface area contributed by atoms with E-state index in [1.54, 1.807) is 6.07 Å². The average Bonchev–Trinajstić information content (AvgIpc) is 2.91. The molecule has 0 aromatic carbocycles. The van der Waals surface area contributed by atoms with E-state index >= 15 is 0 Å². The number of carbonyl (C=O) groups excluding carboxylic acids is 1. The van der Waals surface area contributed by atoms with Crippen molar-refractivity contribution in [2.45, 2.75) is 19.5 Å². The summed E-state index contributed by atoms with van der Waals surface area (Å²) in [5, 5.41) is 5.66. The molecular weight excluding hydrogens is 276 g/mol. The topological polar surface area (TPSA) is 67.2 Å². The zero-order chi connectivity index (χ0) is 14.1. The maximum absolute atomic E-state index is 12.3. The molecule has 7 heteroatoms. The van der Waals surface area contributed by atoms with Crippen LogP contribution in [0.3, 0.4) is 0 Å². The van der Waals surface area contributed by atoms with Gasteiger partial charge in [0.25, 0.3) is 5.56 Å². The van der Waals surface area contributed by atoms with Gasteiger partial charge in [-0.2, -0.15) is 0 Å². The standard InChI is InChI=1S/C13H16N4O2S/c1-9-6-14-3-4-17(9)11(18)7-16-8-15-12-10(13(16)19)2-5-20-12/h2,5,8-9,14H,3-4,6-7H2,1H3/t9-/m0/s1.